The molecule has 74 valence electrons. The SMILES string of the molecule is COc1cc(C=O)c(Br)cc1C1CC1. The van der Waals surface area contributed by atoms with Gasteiger partial charge < -0.3 is 4.74 Å². The van der Waals surface area contributed by atoms with Crippen molar-refractivity contribution in [2.75, 3.05) is 7.11 Å². The second-order valence-electron chi connectivity index (χ2n) is 3.51. The van der Waals surface area contributed by atoms with Crippen LogP contribution < -0.4 is 4.74 Å². The molecule has 0 aliphatic heterocycles. The van der Waals surface area contributed by atoms with Gasteiger partial charge in [-0.1, -0.05) is 15.9 Å². The van der Waals surface area contributed by atoms with E-state index in [1.807, 2.05) is 6.07 Å². The molecule has 1 saturated carbocycles. The van der Waals surface area contributed by atoms with Crippen LogP contribution in [0.1, 0.15) is 34.7 Å². The van der Waals surface area contributed by atoms with Crippen LogP contribution in [-0.4, -0.2) is 13.4 Å². The van der Waals surface area contributed by atoms with Gasteiger partial charge in [0.05, 0.1) is 7.11 Å². The van der Waals surface area contributed by atoms with Gasteiger partial charge in [-0.15, -0.1) is 0 Å². The fourth-order valence-electron chi connectivity index (χ4n) is 1.56. The third kappa shape index (κ3) is 1.69. The highest BCUT2D eigenvalue weighted by atomic mass is 79.9. The van der Waals surface area contributed by atoms with Crippen LogP contribution in [0.15, 0.2) is 16.6 Å². The minimum absolute atomic E-state index is 0.627. The Kier molecular flexibility index (Phi) is 2.59. The molecule has 1 aromatic rings. The number of ether oxygens (including phenoxy) is 1. The summed E-state index contributed by atoms with van der Waals surface area (Å²) in [7, 11) is 1.64. The first-order valence-electron chi connectivity index (χ1n) is 4.59. The quantitative estimate of drug-likeness (QED) is 0.775. The molecule has 0 radical (unpaired) electrons. The van der Waals surface area contributed by atoms with Crippen LogP contribution in [0.25, 0.3) is 0 Å². The molecule has 0 atom stereocenters. The first-order valence-corrected chi connectivity index (χ1v) is 5.38. The average Bonchev–Trinajstić information content (AvgIpc) is 3.00. The summed E-state index contributed by atoms with van der Waals surface area (Å²) < 4.78 is 6.12. The fraction of sp³-hybridized carbons (Fsp3) is 0.364. The summed E-state index contributed by atoms with van der Waals surface area (Å²) in [5.41, 5.74) is 1.86. The second kappa shape index (κ2) is 3.73. The number of carbonyl (C=O) groups excluding carboxylic acids is 1. The number of rotatable bonds is 3. The van der Waals surface area contributed by atoms with Crippen LogP contribution in [-0.2, 0) is 0 Å². The second-order valence-corrected chi connectivity index (χ2v) is 4.36. The Labute approximate surface area is 91.4 Å². The highest BCUT2D eigenvalue weighted by molar-refractivity contribution is 9.10. The van der Waals surface area contributed by atoms with Crippen LogP contribution in [0.5, 0.6) is 5.75 Å². The number of halogens is 1. The monoisotopic (exact) mass is 254 g/mol. The van der Waals surface area contributed by atoms with Gasteiger partial charge in [0.15, 0.2) is 6.29 Å². The van der Waals surface area contributed by atoms with Crippen molar-refractivity contribution in [3.63, 3.8) is 0 Å². The first kappa shape index (κ1) is 9.71. The van der Waals surface area contributed by atoms with Crippen LogP contribution in [0.2, 0.25) is 0 Å². The minimum Gasteiger partial charge on any atom is -0.496 e. The molecule has 0 saturated heterocycles. The molecule has 14 heavy (non-hydrogen) atoms. The Hall–Kier alpha value is -0.830. The van der Waals surface area contributed by atoms with Crippen molar-refractivity contribution in [2.24, 2.45) is 0 Å². The number of aldehydes is 1. The molecule has 3 heteroatoms. The highest BCUT2D eigenvalue weighted by Gasteiger charge is 2.27. The van der Waals surface area contributed by atoms with Crippen LogP contribution in [0, 0.1) is 0 Å². The summed E-state index contributed by atoms with van der Waals surface area (Å²) in [6, 6.07) is 3.80. The molecule has 0 unspecified atom stereocenters. The summed E-state index contributed by atoms with van der Waals surface area (Å²) in [4.78, 5) is 10.7. The van der Waals surface area contributed by atoms with Crippen molar-refractivity contribution < 1.29 is 9.53 Å². The molecule has 0 heterocycles. The number of hydrogen-bond acceptors (Lipinski definition) is 2. The van der Waals surface area contributed by atoms with E-state index in [9.17, 15) is 4.79 Å². The molecular formula is C11H11BrO2. The van der Waals surface area contributed by atoms with Crippen molar-refractivity contribution in [1.29, 1.82) is 0 Å². The van der Waals surface area contributed by atoms with Crippen LogP contribution in [0.3, 0.4) is 0 Å². The average molecular weight is 255 g/mol. The zero-order valence-electron chi connectivity index (χ0n) is 7.92. The van der Waals surface area contributed by atoms with Gasteiger partial charge in [-0.2, -0.15) is 0 Å². The molecule has 0 amide bonds. The van der Waals surface area contributed by atoms with Gasteiger partial charge in [0, 0.05) is 10.0 Å². The molecule has 1 fully saturated rings. The molecule has 1 aromatic carbocycles. The van der Waals surface area contributed by atoms with E-state index in [0.29, 0.717) is 11.5 Å². The van der Waals surface area contributed by atoms with Gasteiger partial charge in [-0.25, -0.2) is 0 Å². The van der Waals surface area contributed by atoms with Crippen LogP contribution in [0.4, 0.5) is 0 Å². The Bertz CT molecular complexity index is 370. The maximum Gasteiger partial charge on any atom is 0.151 e. The fourth-order valence-corrected chi connectivity index (χ4v) is 2.02. The standard InChI is InChI=1S/C11H11BrO2/c1-14-11-4-8(6-13)10(12)5-9(11)7-2-3-7/h4-7H,2-3H2,1H3. The van der Waals surface area contributed by atoms with Crippen molar-refractivity contribution >= 4 is 22.2 Å². The lowest BCUT2D eigenvalue weighted by Gasteiger charge is -2.09. The summed E-state index contributed by atoms with van der Waals surface area (Å²) in [5, 5.41) is 0. The van der Waals surface area contributed by atoms with E-state index in [0.717, 1.165) is 16.5 Å². The zero-order chi connectivity index (χ0) is 10.1. The number of methoxy groups -OCH3 is 1. The molecule has 2 nitrogen and oxygen atoms in total. The number of benzene rings is 1. The summed E-state index contributed by atoms with van der Waals surface area (Å²) in [6.45, 7) is 0. The lowest BCUT2D eigenvalue weighted by molar-refractivity contribution is 0.112. The largest absolute Gasteiger partial charge is 0.496 e. The molecule has 1 aliphatic carbocycles. The molecular weight excluding hydrogens is 244 g/mol. The topological polar surface area (TPSA) is 26.3 Å². The Morgan fingerprint density at radius 3 is 2.71 bits per heavy atom. The highest BCUT2D eigenvalue weighted by Crippen LogP contribution is 2.45. The maximum absolute atomic E-state index is 10.7. The molecule has 0 spiro atoms. The van der Waals surface area contributed by atoms with E-state index < -0.39 is 0 Å². The van der Waals surface area contributed by atoms with E-state index in [2.05, 4.69) is 15.9 Å². The van der Waals surface area contributed by atoms with Gasteiger partial charge in [-0.05, 0) is 36.5 Å². The van der Waals surface area contributed by atoms with Gasteiger partial charge in [0.2, 0.25) is 0 Å². The first-order chi connectivity index (χ1) is 6.76. The van der Waals surface area contributed by atoms with E-state index in [-0.39, 0.29) is 0 Å². The predicted octanol–water partition coefficient (Wildman–Crippen LogP) is 3.15. The zero-order valence-corrected chi connectivity index (χ0v) is 9.50. The van der Waals surface area contributed by atoms with E-state index in [1.54, 1.807) is 13.2 Å². The molecule has 0 aromatic heterocycles. The lowest BCUT2D eigenvalue weighted by Crippen LogP contribution is -1.93. The maximum atomic E-state index is 10.7. The van der Waals surface area contributed by atoms with E-state index in [4.69, 9.17) is 4.74 Å². The molecule has 2 rings (SSSR count). The lowest BCUT2D eigenvalue weighted by atomic mass is 10.1. The van der Waals surface area contributed by atoms with Crippen molar-refractivity contribution in [2.45, 2.75) is 18.8 Å². The van der Waals surface area contributed by atoms with Crippen molar-refractivity contribution in [3.05, 3.63) is 27.7 Å². The van der Waals surface area contributed by atoms with Crippen molar-refractivity contribution in [3.8, 4) is 5.75 Å². The third-order valence-electron chi connectivity index (χ3n) is 2.49. The Morgan fingerprint density at radius 1 is 1.50 bits per heavy atom. The van der Waals surface area contributed by atoms with Gasteiger partial charge in [0.25, 0.3) is 0 Å². The summed E-state index contributed by atoms with van der Waals surface area (Å²) in [5.74, 6) is 1.46. The molecule has 1 aliphatic rings. The van der Waals surface area contributed by atoms with E-state index in [1.165, 1.54) is 18.4 Å². The van der Waals surface area contributed by atoms with E-state index >= 15 is 0 Å². The van der Waals surface area contributed by atoms with Gasteiger partial charge in [0.1, 0.15) is 5.75 Å². The minimum atomic E-state index is 0.627. The van der Waals surface area contributed by atoms with Crippen LogP contribution >= 0.6 is 15.9 Å². The Balaban J connectivity index is 2.48. The summed E-state index contributed by atoms with van der Waals surface area (Å²) >= 11 is 3.38. The number of carbonyl (C=O) groups is 1. The predicted molar refractivity (Wildman–Crippen MR) is 58.1 cm³/mol. The Morgan fingerprint density at radius 2 is 2.21 bits per heavy atom. The van der Waals surface area contributed by atoms with Crippen molar-refractivity contribution in [1.82, 2.24) is 0 Å². The molecule has 0 N–H and O–H groups in total. The van der Waals surface area contributed by atoms with Gasteiger partial charge in [-0.3, -0.25) is 4.79 Å². The normalized spacial score (nSPS) is 15.3. The summed E-state index contributed by atoms with van der Waals surface area (Å²) in [6.07, 6.45) is 3.29. The third-order valence-corrected chi connectivity index (χ3v) is 3.18. The number of hydrogen-bond donors (Lipinski definition) is 0. The smallest absolute Gasteiger partial charge is 0.151 e. The van der Waals surface area contributed by atoms with Gasteiger partial charge >= 0.3 is 0 Å². The molecule has 0 bridgehead atoms.